The van der Waals surface area contributed by atoms with Crippen LogP contribution in [0.25, 0.3) is 0 Å². The van der Waals surface area contributed by atoms with Crippen LogP contribution in [-0.4, -0.2) is 140 Å². The molecule has 0 unspecified atom stereocenters. The van der Waals surface area contributed by atoms with Crippen molar-refractivity contribution in [3.63, 3.8) is 0 Å². The van der Waals surface area contributed by atoms with Crippen molar-refractivity contribution in [1.29, 1.82) is 0 Å². The molecule has 20 nitrogen and oxygen atoms in total. The van der Waals surface area contributed by atoms with Gasteiger partial charge in [-0.3, -0.25) is 43.7 Å². The average molecular weight is 722 g/mol. The highest BCUT2D eigenvalue weighted by molar-refractivity contribution is 5.70. The maximum absolute atomic E-state index is 12.6. The van der Waals surface area contributed by atoms with E-state index in [2.05, 4.69) is 5.32 Å². The largest absolute Gasteiger partial charge is 0.463 e. The third kappa shape index (κ3) is 11.1. The van der Waals surface area contributed by atoms with Gasteiger partial charge in [0.15, 0.2) is 48.5 Å². The van der Waals surface area contributed by atoms with E-state index < -0.39 is 128 Å². The zero-order valence-electron chi connectivity index (χ0n) is 29.0. The van der Waals surface area contributed by atoms with Crippen molar-refractivity contribution < 1.29 is 90.8 Å². The summed E-state index contributed by atoms with van der Waals surface area (Å²) in [5, 5.41) is 15.2. The number of carbonyl (C=O) groups is 8. The van der Waals surface area contributed by atoms with Crippen LogP contribution in [0.3, 0.4) is 0 Å². The van der Waals surface area contributed by atoms with Gasteiger partial charge in [0.25, 0.3) is 0 Å². The lowest BCUT2D eigenvalue weighted by Gasteiger charge is -2.54. The molecule has 1 aliphatic heterocycles. The Morgan fingerprint density at radius 1 is 0.560 bits per heavy atom. The molecular weight excluding hydrogens is 678 g/mol. The van der Waals surface area contributed by atoms with Crippen LogP contribution in [0.1, 0.15) is 55.4 Å². The second-order valence-corrected chi connectivity index (χ2v) is 11.4. The Hall–Kier alpha value is -4.40. The Morgan fingerprint density at radius 3 is 1.42 bits per heavy atom. The highest BCUT2D eigenvalue weighted by Gasteiger charge is 2.67. The molecular formula is C30H43NO19. The number of hydrogen-bond acceptors (Lipinski definition) is 20. The van der Waals surface area contributed by atoms with Crippen LogP contribution in [0, 0.1) is 0 Å². The van der Waals surface area contributed by atoms with Crippen LogP contribution in [0.5, 0.6) is 0 Å². The SMILES string of the molecule is CO[C@@H]1O[C@H](COC(C)=O)[C@@H](N[C@@H]2[C@H](OC(C)=O)[C@@H](OC(C)=O)[C@H](OC(C)=O)[C@@](O)(COC(C)=O)[C@H]2OC(C)=O)[C@H](OC(C)=O)[C@H]1OC(C)=O. The predicted octanol–water partition coefficient (Wildman–Crippen LogP) is -1.85. The van der Waals surface area contributed by atoms with Crippen LogP contribution in [0.4, 0.5) is 0 Å². The van der Waals surface area contributed by atoms with Crippen LogP contribution in [0.15, 0.2) is 0 Å². The summed E-state index contributed by atoms with van der Waals surface area (Å²) in [4.78, 5) is 98.4. The second-order valence-electron chi connectivity index (χ2n) is 11.4. The summed E-state index contributed by atoms with van der Waals surface area (Å²) in [7, 11) is 1.19. The second kappa shape index (κ2) is 18.0. The van der Waals surface area contributed by atoms with E-state index in [1.807, 2.05) is 0 Å². The average Bonchev–Trinajstić information content (AvgIpc) is 2.97. The third-order valence-corrected chi connectivity index (χ3v) is 7.31. The Balaban J connectivity index is 2.98. The van der Waals surface area contributed by atoms with Crippen molar-refractivity contribution in [2.75, 3.05) is 20.3 Å². The summed E-state index contributed by atoms with van der Waals surface area (Å²) in [6.45, 7) is 6.34. The fraction of sp³-hybridized carbons (Fsp3) is 0.733. The molecule has 1 heterocycles. The molecule has 20 heteroatoms. The first kappa shape index (κ1) is 41.8. The molecule has 2 rings (SSSR count). The van der Waals surface area contributed by atoms with Crippen molar-refractivity contribution in [2.45, 2.75) is 122 Å². The monoisotopic (exact) mass is 721 g/mol. The van der Waals surface area contributed by atoms with E-state index in [-0.39, 0.29) is 0 Å². The first-order valence-corrected chi connectivity index (χ1v) is 15.2. The Kier molecular flexibility index (Phi) is 15.1. The van der Waals surface area contributed by atoms with Gasteiger partial charge in [0.05, 0.1) is 12.1 Å². The summed E-state index contributed by atoms with van der Waals surface area (Å²) in [6.07, 6.45) is -13.6. The van der Waals surface area contributed by atoms with Gasteiger partial charge in [0.2, 0.25) is 0 Å². The summed E-state index contributed by atoms with van der Waals surface area (Å²) in [5.74, 6) is -7.60. The maximum atomic E-state index is 12.6. The minimum absolute atomic E-state index is 0.568. The van der Waals surface area contributed by atoms with Gasteiger partial charge in [0, 0.05) is 62.5 Å². The molecule has 0 spiro atoms. The Bertz CT molecular complexity index is 1300. The molecule has 1 saturated carbocycles. The minimum Gasteiger partial charge on any atom is -0.463 e. The molecule has 50 heavy (non-hydrogen) atoms. The molecule has 0 aromatic heterocycles. The van der Waals surface area contributed by atoms with E-state index >= 15 is 0 Å². The standard InChI is InChI=1S/C30H43NO19/c1-12(32)42-10-20-21(23(44-14(3)34)26(47-17(6)37)29(41-9)50-20)31-22-24(45-15(4)35)25(46-16(5)36)28(49-19(8)39)30(40,11-43-13(2)33)27(22)48-18(7)38/h20-29,31,40H,10-11H2,1-9H3/t20-,21-,22-,23+,24+,25-,26-,27+,28+,29-,30-/m1/s1. The van der Waals surface area contributed by atoms with Crippen LogP contribution in [0.2, 0.25) is 0 Å². The van der Waals surface area contributed by atoms with Gasteiger partial charge in [0.1, 0.15) is 19.3 Å². The molecule has 2 N–H and O–H groups in total. The highest BCUT2D eigenvalue weighted by Crippen LogP contribution is 2.39. The lowest BCUT2D eigenvalue weighted by atomic mass is 9.72. The summed E-state index contributed by atoms with van der Waals surface area (Å²) in [6, 6.07) is -3.25. The van der Waals surface area contributed by atoms with Crippen molar-refractivity contribution in [3.8, 4) is 0 Å². The lowest BCUT2D eigenvalue weighted by Crippen LogP contribution is -2.79. The summed E-state index contributed by atoms with van der Waals surface area (Å²) >= 11 is 0. The number of aliphatic hydroxyl groups is 1. The van der Waals surface area contributed by atoms with Crippen LogP contribution < -0.4 is 5.32 Å². The number of rotatable bonds is 13. The molecule has 0 bridgehead atoms. The fourth-order valence-electron chi connectivity index (χ4n) is 5.73. The topological polar surface area (TPSA) is 261 Å². The fourth-order valence-corrected chi connectivity index (χ4v) is 5.73. The van der Waals surface area contributed by atoms with E-state index in [1.54, 1.807) is 0 Å². The number of hydrogen-bond donors (Lipinski definition) is 2. The van der Waals surface area contributed by atoms with E-state index in [9.17, 15) is 43.5 Å². The molecule has 282 valence electrons. The zero-order valence-corrected chi connectivity index (χ0v) is 29.0. The Morgan fingerprint density at radius 2 is 0.980 bits per heavy atom. The quantitative estimate of drug-likeness (QED) is 0.156. The minimum atomic E-state index is -2.76. The molecule has 2 fully saturated rings. The lowest BCUT2D eigenvalue weighted by molar-refractivity contribution is -0.291. The number of nitrogens with one attached hydrogen (secondary N) is 1. The smallest absolute Gasteiger partial charge is 0.303 e. The van der Waals surface area contributed by atoms with Crippen molar-refractivity contribution in [1.82, 2.24) is 5.32 Å². The van der Waals surface area contributed by atoms with Gasteiger partial charge in [-0.2, -0.15) is 0 Å². The highest BCUT2D eigenvalue weighted by atomic mass is 16.7. The predicted molar refractivity (Wildman–Crippen MR) is 158 cm³/mol. The van der Waals surface area contributed by atoms with Crippen molar-refractivity contribution in [3.05, 3.63) is 0 Å². The Labute approximate surface area is 286 Å². The molecule has 0 amide bonds. The van der Waals surface area contributed by atoms with Gasteiger partial charge < -0.3 is 52.5 Å². The first-order chi connectivity index (χ1) is 23.2. The van der Waals surface area contributed by atoms with Crippen molar-refractivity contribution in [2.24, 2.45) is 0 Å². The third-order valence-electron chi connectivity index (χ3n) is 7.31. The van der Waals surface area contributed by atoms with Gasteiger partial charge in [-0.25, -0.2) is 0 Å². The van der Waals surface area contributed by atoms with E-state index in [0.717, 1.165) is 55.4 Å². The zero-order chi connectivity index (χ0) is 38.1. The van der Waals surface area contributed by atoms with E-state index in [4.69, 9.17) is 47.4 Å². The summed E-state index contributed by atoms with van der Waals surface area (Å²) in [5.41, 5.74) is -2.76. The van der Waals surface area contributed by atoms with Gasteiger partial charge in [-0.15, -0.1) is 0 Å². The van der Waals surface area contributed by atoms with Gasteiger partial charge in [-0.1, -0.05) is 0 Å². The first-order valence-electron chi connectivity index (χ1n) is 15.2. The number of methoxy groups -OCH3 is 1. The number of carbonyl (C=O) groups excluding carboxylic acids is 8. The maximum Gasteiger partial charge on any atom is 0.303 e. The molecule has 0 radical (unpaired) electrons. The number of esters is 8. The van der Waals surface area contributed by atoms with Crippen LogP contribution >= 0.6 is 0 Å². The molecule has 11 atom stereocenters. The molecule has 0 aromatic carbocycles. The van der Waals surface area contributed by atoms with Gasteiger partial charge in [-0.05, 0) is 0 Å². The molecule has 2 aliphatic rings. The van der Waals surface area contributed by atoms with Gasteiger partial charge >= 0.3 is 47.8 Å². The van der Waals surface area contributed by atoms with E-state index in [1.165, 1.54) is 7.11 Å². The molecule has 1 aliphatic carbocycles. The molecule has 0 aromatic rings. The van der Waals surface area contributed by atoms with E-state index in [0.29, 0.717) is 0 Å². The summed E-state index contributed by atoms with van der Waals surface area (Å²) < 4.78 is 54.5. The number of ether oxygens (including phenoxy) is 10. The van der Waals surface area contributed by atoms with Crippen molar-refractivity contribution >= 4 is 47.8 Å². The molecule has 1 saturated heterocycles. The van der Waals surface area contributed by atoms with Crippen LogP contribution in [-0.2, 0) is 85.7 Å². The normalized spacial score (nSPS) is 32.0.